The number of nitrogens with zero attached hydrogens (tertiary/aromatic N) is 1. The van der Waals surface area contributed by atoms with Crippen molar-refractivity contribution in [3.63, 3.8) is 0 Å². The highest BCUT2D eigenvalue weighted by Gasteiger charge is 2.42. The Balaban J connectivity index is 1.91. The Morgan fingerprint density at radius 2 is 2.26 bits per heavy atom. The van der Waals surface area contributed by atoms with Crippen molar-refractivity contribution in [1.82, 2.24) is 10.2 Å². The summed E-state index contributed by atoms with van der Waals surface area (Å²) in [4.78, 5) is 2.40. The van der Waals surface area contributed by atoms with Crippen LogP contribution in [0.2, 0.25) is 0 Å². The van der Waals surface area contributed by atoms with E-state index in [9.17, 15) is 0 Å². The maximum atomic E-state index is 6.43. The molecule has 0 aromatic heterocycles. The van der Waals surface area contributed by atoms with E-state index in [4.69, 9.17) is 4.74 Å². The molecule has 0 saturated carbocycles. The molecule has 0 bridgehead atoms. The van der Waals surface area contributed by atoms with Crippen molar-refractivity contribution in [3.8, 4) is 5.75 Å². The molecule has 1 N–H and O–H groups in total. The standard InChI is InChI=1S/C16H24N2O/c1-3-17-14-11-16(9-6-10-18(2)12-16)19-15-8-5-4-7-13(14)15/h4-5,7-8,14,17H,3,6,9-12H2,1-2H3. The van der Waals surface area contributed by atoms with Crippen LogP contribution in [0.15, 0.2) is 24.3 Å². The molecule has 2 aliphatic heterocycles. The number of hydrogen-bond donors (Lipinski definition) is 1. The Hall–Kier alpha value is -1.06. The van der Waals surface area contributed by atoms with Gasteiger partial charge in [-0.3, -0.25) is 0 Å². The average molecular weight is 260 g/mol. The highest BCUT2D eigenvalue weighted by Crippen LogP contribution is 2.43. The van der Waals surface area contributed by atoms with Gasteiger partial charge in [-0.15, -0.1) is 0 Å². The van der Waals surface area contributed by atoms with Gasteiger partial charge in [0, 0.05) is 24.6 Å². The summed E-state index contributed by atoms with van der Waals surface area (Å²) in [7, 11) is 2.20. The maximum absolute atomic E-state index is 6.43. The lowest BCUT2D eigenvalue weighted by atomic mass is 9.81. The molecule has 3 heteroatoms. The molecule has 1 fully saturated rings. The van der Waals surface area contributed by atoms with Crippen molar-refractivity contribution in [2.45, 2.75) is 37.8 Å². The summed E-state index contributed by atoms with van der Waals surface area (Å²) in [5, 5.41) is 3.63. The van der Waals surface area contributed by atoms with Crippen molar-refractivity contribution in [2.75, 3.05) is 26.7 Å². The van der Waals surface area contributed by atoms with Gasteiger partial charge >= 0.3 is 0 Å². The van der Waals surface area contributed by atoms with E-state index in [2.05, 4.69) is 48.5 Å². The van der Waals surface area contributed by atoms with Crippen LogP contribution in [-0.2, 0) is 0 Å². The normalized spacial score (nSPS) is 30.9. The summed E-state index contributed by atoms with van der Waals surface area (Å²) in [6, 6.07) is 8.93. The molecule has 104 valence electrons. The monoisotopic (exact) mass is 260 g/mol. The zero-order chi connectivity index (χ0) is 13.3. The van der Waals surface area contributed by atoms with Crippen LogP contribution in [0.1, 0.15) is 37.8 Å². The number of likely N-dealkylation sites (N-methyl/N-ethyl adjacent to an activating group) is 1. The first-order chi connectivity index (χ1) is 9.22. The smallest absolute Gasteiger partial charge is 0.124 e. The molecule has 19 heavy (non-hydrogen) atoms. The fraction of sp³-hybridized carbons (Fsp3) is 0.625. The molecule has 1 saturated heterocycles. The molecule has 0 radical (unpaired) electrons. The highest BCUT2D eigenvalue weighted by molar-refractivity contribution is 5.39. The van der Waals surface area contributed by atoms with Gasteiger partial charge in [0.2, 0.25) is 0 Å². The van der Waals surface area contributed by atoms with Crippen LogP contribution in [0.3, 0.4) is 0 Å². The fourth-order valence-corrected chi connectivity index (χ4v) is 3.62. The van der Waals surface area contributed by atoms with Crippen LogP contribution in [0, 0.1) is 0 Å². The predicted octanol–water partition coefficient (Wildman–Crippen LogP) is 2.58. The Morgan fingerprint density at radius 1 is 1.42 bits per heavy atom. The van der Waals surface area contributed by atoms with Gasteiger partial charge < -0.3 is 15.0 Å². The SMILES string of the molecule is CCNC1CC2(CCCN(C)C2)Oc2ccccc21. The Kier molecular flexibility index (Phi) is 3.50. The molecular formula is C16H24N2O. The van der Waals surface area contributed by atoms with Crippen LogP contribution in [0.4, 0.5) is 0 Å². The molecule has 2 aliphatic rings. The quantitative estimate of drug-likeness (QED) is 0.884. The van der Waals surface area contributed by atoms with E-state index >= 15 is 0 Å². The van der Waals surface area contributed by atoms with Gasteiger partial charge in [0.15, 0.2) is 0 Å². The van der Waals surface area contributed by atoms with Crippen molar-refractivity contribution >= 4 is 0 Å². The van der Waals surface area contributed by atoms with E-state index in [1.807, 2.05) is 0 Å². The van der Waals surface area contributed by atoms with Crippen molar-refractivity contribution in [1.29, 1.82) is 0 Å². The van der Waals surface area contributed by atoms with Gasteiger partial charge in [0.25, 0.3) is 0 Å². The second kappa shape index (κ2) is 5.14. The van der Waals surface area contributed by atoms with Crippen molar-refractivity contribution in [3.05, 3.63) is 29.8 Å². The number of nitrogens with one attached hydrogen (secondary N) is 1. The summed E-state index contributed by atoms with van der Waals surface area (Å²) in [5.74, 6) is 1.08. The minimum absolute atomic E-state index is 0.00812. The zero-order valence-electron chi connectivity index (χ0n) is 12.0. The van der Waals surface area contributed by atoms with Gasteiger partial charge in [0.1, 0.15) is 11.4 Å². The van der Waals surface area contributed by atoms with Crippen molar-refractivity contribution in [2.24, 2.45) is 0 Å². The van der Waals surface area contributed by atoms with E-state index in [0.29, 0.717) is 6.04 Å². The van der Waals surface area contributed by atoms with Crippen LogP contribution in [0.5, 0.6) is 5.75 Å². The van der Waals surface area contributed by atoms with E-state index < -0.39 is 0 Å². The third-order valence-corrected chi connectivity index (χ3v) is 4.38. The van der Waals surface area contributed by atoms with E-state index in [0.717, 1.165) is 25.3 Å². The lowest BCUT2D eigenvalue weighted by Gasteiger charge is -2.47. The second-order valence-corrected chi connectivity index (χ2v) is 5.98. The Morgan fingerprint density at radius 3 is 3.05 bits per heavy atom. The zero-order valence-corrected chi connectivity index (χ0v) is 12.0. The first-order valence-corrected chi connectivity index (χ1v) is 7.42. The number of ether oxygens (including phenoxy) is 1. The molecule has 1 spiro atoms. The van der Waals surface area contributed by atoms with Gasteiger partial charge in [-0.1, -0.05) is 25.1 Å². The third-order valence-electron chi connectivity index (χ3n) is 4.38. The number of piperidine rings is 1. The molecule has 1 aromatic carbocycles. The van der Waals surface area contributed by atoms with E-state index in [1.54, 1.807) is 0 Å². The molecule has 2 unspecified atom stereocenters. The third kappa shape index (κ3) is 2.49. The lowest BCUT2D eigenvalue weighted by Crippen LogP contribution is -2.54. The van der Waals surface area contributed by atoms with Gasteiger partial charge in [0.05, 0.1) is 0 Å². The van der Waals surface area contributed by atoms with Crippen LogP contribution in [0.25, 0.3) is 0 Å². The number of benzene rings is 1. The lowest BCUT2D eigenvalue weighted by molar-refractivity contribution is -0.0268. The summed E-state index contributed by atoms with van der Waals surface area (Å²) >= 11 is 0. The fourth-order valence-electron chi connectivity index (χ4n) is 3.62. The van der Waals surface area contributed by atoms with Crippen molar-refractivity contribution < 1.29 is 4.74 Å². The highest BCUT2D eigenvalue weighted by atomic mass is 16.5. The summed E-state index contributed by atoms with van der Waals surface area (Å²) in [5.41, 5.74) is 1.33. The molecule has 3 nitrogen and oxygen atoms in total. The van der Waals surface area contributed by atoms with Gasteiger partial charge in [-0.25, -0.2) is 0 Å². The van der Waals surface area contributed by atoms with Crippen LogP contribution in [-0.4, -0.2) is 37.2 Å². The maximum Gasteiger partial charge on any atom is 0.124 e. The number of hydrogen-bond acceptors (Lipinski definition) is 3. The molecule has 3 rings (SSSR count). The Labute approximate surface area is 115 Å². The number of para-hydroxylation sites is 1. The Bertz CT molecular complexity index is 448. The molecule has 2 heterocycles. The first kappa shape index (κ1) is 12.9. The average Bonchev–Trinajstić information content (AvgIpc) is 2.38. The van der Waals surface area contributed by atoms with Crippen LogP contribution >= 0.6 is 0 Å². The first-order valence-electron chi connectivity index (χ1n) is 7.42. The summed E-state index contributed by atoms with van der Waals surface area (Å²) in [6.45, 7) is 5.42. The molecular weight excluding hydrogens is 236 g/mol. The molecule has 2 atom stereocenters. The molecule has 0 aliphatic carbocycles. The largest absolute Gasteiger partial charge is 0.486 e. The van der Waals surface area contributed by atoms with Gasteiger partial charge in [-0.05, 0) is 39.0 Å². The molecule has 0 amide bonds. The minimum Gasteiger partial charge on any atom is -0.486 e. The summed E-state index contributed by atoms with van der Waals surface area (Å²) < 4.78 is 6.43. The van der Waals surface area contributed by atoms with E-state index in [-0.39, 0.29) is 5.60 Å². The molecule has 1 aromatic rings. The minimum atomic E-state index is 0.00812. The summed E-state index contributed by atoms with van der Waals surface area (Å²) in [6.07, 6.45) is 3.49. The topological polar surface area (TPSA) is 24.5 Å². The van der Waals surface area contributed by atoms with Crippen LogP contribution < -0.4 is 10.1 Å². The number of likely N-dealkylation sites (tertiary alicyclic amines) is 1. The number of rotatable bonds is 2. The van der Waals surface area contributed by atoms with E-state index in [1.165, 1.54) is 24.9 Å². The predicted molar refractivity (Wildman–Crippen MR) is 77.6 cm³/mol. The number of fused-ring (bicyclic) bond motifs is 1. The van der Waals surface area contributed by atoms with Gasteiger partial charge in [-0.2, -0.15) is 0 Å². The second-order valence-electron chi connectivity index (χ2n) is 5.98.